The fraction of sp³-hybridized carbons (Fsp3) is 0.235. The van der Waals surface area contributed by atoms with E-state index in [2.05, 4.69) is 10.4 Å². The SMILES string of the molecule is CCOC(=O)/C(C#N)=C/Nc1cc(C)nn1-c1ccc(C)cc1. The van der Waals surface area contributed by atoms with Crippen molar-refractivity contribution in [2.24, 2.45) is 0 Å². The predicted octanol–water partition coefficient (Wildman–Crippen LogP) is 2.87. The Bertz CT molecular complexity index is 767. The fourth-order valence-corrected chi connectivity index (χ4v) is 1.98. The fourth-order valence-electron chi connectivity index (χ4n) is 1.98. The summed E-state index contributed by atoms with van der Waals surface area (Å²) in [5.41, 5.74) is 2.76. The molecule has 0 saturated heterocycles. The minimum Gasteiger partial charge on any atom is -0.462 e. The van der Waals surface area contributed by atoms with E-state index in [0.717, 1.165) is 16.9 Å². The van der Waals surface area contributed by atoms with Gasteiger partial charge in [0.1, 0.15) is 11.9 Å². The first-order chi connectivity index (χ1) is 11.0. The molecule has 6 heteroatoms. The number of carbonyl (C=O) groups excluding carboxylic acids is 1. The summed E-state index contributed by atoms with van der Waals surface area (Å²) < 4.78 is 6.54. The molecule has 0 aliphatic carbocycles. The lowest BCUT2D eigenvalue weighted by Gasteiger charge is -2.08. The van der Waals surface area contributed by atoms with Crippen molar-refractivity contribution in [3.8, 4) is 11.8 Å². The second-order valence-electron chi connectivity index (χ2n) is 4.95. The highest BCUT2D eigenvalue weighted by atomic mass is 16.5. The van der Waals surface area contributed by atoms with Gasteiger partial charge in [-0.2, -0.15) is 10.4 Å². The summed E-state index contributed by atoms with van der Waals surface area (Å²) in [6, 6.07) is 11.5. The zero-order valence-corrected chi connectivity index (χ0v) is 13.3. The van der Waals surface area contributed by atoms with Gasteiger partial charge in [0.05, 0.1) is 18.0 Å². The van der Waals surface area contributed by atoms with E-state index in [0.29, 0.717) is 5.82 Å². The molecular formula is C17H18N4O2. The van der Waals surface area contributed by atoms with Crippen molar-refractivity contribution >= 4 is 11.8 Å². The number of carbonyl (C=O) groups is 1. The second-order valence-corrected chi connectivity index (χ2v) is 4.95. The maximum absolute atomic E-state index is 11.6. The third-order valence-electron chi connectivity index (χ3n) is 3.09. The summed E-state index contributed by atoms with van der Waals surface area (Å²) in [5, 5.41) is 16.4. The van der Waals surface area contributed by atoms with Crippen LogP contribution < -0.4 is 5.32 Å². The van der Waals surface area contributed by atoms with Crippen molar-refractivity contribution in [2.75, 3.05) is 11.9 Å². The van der Waals surface area contributed by atoms with Crippen LogP contribution in [0.2, 0.25) is 0 Å². The number of rotatable bonds is 5. The molecule has 0 amide bonds. The maximum atomic E-state index is 11.6. The third-order valence-corrected chi connectivity index (χ3v) is 3.09. The van der Waals surface area contributed by atoms with Crippen LogP contribution in [0.1, 0.15) is 18.2 Å². The standard InChI is InChI=1S/C17H18N4O2/c1-4-23-17(22)14(10-18)11-19-16-9-13(3)20-21(16)15-7-5-12(2)6-8-15/h5-9,11,19H,4H2,1-3H3/b14-11+. The van der Waals surface area contributed by atoms with Gasteiger partial charge in [0.25, 0.3) is 0 Å². The van der Waals surface area contributed by atoms with E-state index < -0.39 is 5.97 Å². The topological polar surface area (TPSA) is 79.9 Å². The van der Waals surface area contributed by atoms with Gasteiger partial charge in [-0.25, -0.2) is 9.48 Å². The van der Waals surface area contributed by atoms with E-state index in [9.17, 15) is 4.79 Å². The first-order valence-electron chi connectivity index (χ1n) is 7.22. The van der Waals surface area contributed by atoms with Gasteiger partial charge >= 0.3 is 5.97 Å². The number of nitriles is 1. The Morgan fingerprint density at radius 1 is 1.39 bits per heavy atom. The zero-order chi connectivity index (χ0) is 16.8. The number of esters is 1. The molecule has 1 aromatic carbocycles. The first-order valence-corrected chi connectivity index (χ1v) is 7.22. The molecule has 0 radical (unpaired) electrons. The second kappa shape index (κ2) is 7.27. The van der Waals surface area contributed by atoms with Crippen LogP contribution in [0, 0.1) is 25.2 Å². The van der Waals surface area contributed by atoms with Crippen LogP contribution in [0.3, 0.4) is 0 Å². The summed E-state index contributed by atoms with van der Waals surface area (Å²) in [7, 11) is 0. The van der Waals surface area contributed by atoms with Crippen LogP contribution in [-0.2, 0) is 9.53 Å². The first kappa shape index (κ1) is 16.3. The Balaban J connectivity index is 2.29. The molecular weight excluding hydrogens is 292 g/mol. The van der Waals surface area contributed by atoms with E-state index in [4.69, 9.17) is 10.00 Å². The Morgan fingerprint density at radius 2 is 2.09 bits per heavy atom. The number of ether oxygens (including phenoxy) is 1. The van der Waals surface area contributed by atoms with Crippen molar-refractivity contribution < 1.29 is 9.53 Å². The van der Waals surface area contributed by atoms with Crippen LogP contribution >= 0.6 is 0 Å². The zero-order valence-electron chi connectivity index (χ0n) is 13.3. The highest BCUT2D eigenvalue weighted by Gasteiger charge is 2.11. The summed E-state index contributed by atoms with van der Waals surface area (Å²) in [6.45, 7) is 5.79. The number of nitrogens with zero attached hydrogens (tertiary/aromatic N) is 3. The van der Waals surface area contributed by atoms with E-state index >= 15 is 0 Å². The highest BCUT2D eigenvalue weighted by molar-refractivity contribution is 5.93. The molecule has 118 valence electrons. The molecule has 2 aromatic rings. The molecule has 1 N–H and O–H groups in total. The van der Waals surface area contributed by atoms with E-state index in [1.807, 2.05) is 50.2 Å². The van der Waals surface area contributed by atoms with Crippen LogP contribution in [0.15, 0.2) is 42.1 Å². The van der Waals surface area contributed by atoms with Crippen molar-refractivity contribution in [2.45, 2.75) is 20.8 Å². The Morgan fingerprint density at radius 3 is 2.70 bits per heavy atom. The average molecular weight is 310 g/mol. The van der Waals surface area contributed by atoms with Crippen molar-refractivity contribution in [3.63, 3.8) is 0 Å². The summed E-state index contributed by atoms with van der Waals surface area (Å²) in [6.07, 6.45) is 1.33. The number of hydrogen-bond acceptors (Lipinski definition) is 5. The molecule has 0 atom stereocenters. The highest BCUT2D eigenvalue weighted by Crippen LogP contribution is 2.18. The van der Waals surface area contributed by atoms with Gasteiger partial charge in [0.2, 0.25) is 0 Å². The Kier molecular flexibility index (Phi) is 5.15. The van der Waals surface area contributed by atoms with Gasteiger partial charge < -0.3 is 10.1 Å². The van der Waals surface area contributed by atoms with E-state index in [-0.39, 0.29) is 12.2 Å². The maximum Gasteiger partial charge on any atom is 0.350 e. The van der Waals surface area contributed by atoms with E-state index in [1.165, 1.54) is 6.20 Å². The van der Waals surface area contributed by atoms with Gasteiger partial charge in [-0.1, -0.05) is 17.7 Å². The minimum absolute atomic E-state index is 0.0961. The lowest BCUT2D eigenvalue weighted by atomic mass is 10.2. The molecule has 1 aromatic heterocycles. The summed E-state index contributed by atoms with van der Waals surface area (Å²) in [5.74, 6) is 0.00373. The number of aromatic nitrogens is 2. The summed E-state index contributed by atoms with van der Waals surface area (Å²) >= 11 is 0. The van der Waals surface area contributed by atoms with E-state index in [1.54, 1.807) is 11.6 Å². The van der Waals surface area contributed by atoms with Gasteiger partial charge in [-0.15, -0.1) is 0 Å². The van der Waals surface area contributed by atoms with Crippen LogP contribution in [0.5, 0.6) is 0 Å². The van der Waals surface area contributed by atoms with Gasteiger partial charge in [-0.3, -0.25) is 0 Å². The molecule has 23 heavy (non-hydrogen) atoms. The normalized spacial score (nSPS) is 11.0. The number of nitrogens with one attached hydrogen (secondary N) is 1. The van der Waals surface area contributed by atoms with Crippen molar-refractivity contribution in [1.29, 1.82) is 5.26 Å². The Labute approximate surface area is 135 Å². The third kappa shape index (κ3) is 3.98. The molecule has 0 spiro atoms. The summed E-state index contributed by atoms with van der Waals surface area (Å²) in [4.78, 5) is 11.6. The molecule has 0 unspecified atom stereocenters. The number of anilines is 1. The van der Waals surface area contributed by atoms with Crippen LogP contribution in [0.25, 0.3) is 5.69 Å². The van der Waals surface area contributed by atoms with Crippen LogP contribution in [0.4, 0.5) is 5.82 Å². The molecule has 6 nitrogen and oxygen atoms in total. The number of aryl methyl sites for hydroxylation is 2. The van der Waals surface area contributed by atoms with Gasteiger partial charge in [0.15, 0.2) is 5.57 Å². The lowest BCUT2D eigenvalue weighted by molar-refractivity contribution is -0.138. The van der Waals surface area contributed by atoms with Crippen molar-refractivity contribution in [3.05, 3.63) is 53.4 Å². The molecule has 0 fully saturated rings. The molecule has 0 saturated carbocycles. The monoisotopic (exact) mass is 310 g/mol. The predicted molar refractivity (Wildman–Crippen MR) is 87.0 cm³/mol. The average Bonchev–Trinajstić information content (AvgIpc) is 2.90. The van der Waals surface area contributed by atoms with Gasteiger partial charge in [-0.05, 0) is 32.9 Å². The quantitative estimate of drug-likeness (QED) is 0.522. The molecule has 2 rings (SSSR count). The van der Waals surface area contributed by atoms with Crippen LogP contribution in [-0.4, -0.2) is 22.4 Å². The van der Waals surface area contributed by atoms with Crippen molar-refractivity contribution in [1.82, 2.24) is 9.78 Å². The molecule has 0 aliphatic heterocycles. The number of benzene rings is 1. The lowest BCUT2D eigenvalue weighted by Crippen LogP contribution is -2.09. The molecule has 1 heterocycles. The smallest absolute Gasteiger partial charge is 0.350 e. The van der Waals surface area contributed by atoms with Gasteiger partial charge in [0, 0.05) is 12.3 Å². The largest absolute Gasteiger partial charge is 0.462 e. The molecule has 0 bridgehead atoms. The minimum atomic E-state index is -0.652. The molecule has 0 aliphatic rings. The number of hydrogen-bond donors (Lipinski definition) is 1. The Hall–Kier alpha value is -3.07.